The molecule has 0 amide bonds. The second-order valence-corrected chi connectivity index (χ2v) is 8.24. The van der Waals surface area contributed by atoms with Crippen LogP contribution in [0, 0.1) is 12.1 Å². The third kappa shape index (κ3) is 4.59. The Morgan fingerprint density at radius 3 is 2.18 bits per heavy atom. The predicted molar refractivity (Wildman–Crippen MR) is 131 cm³/mol. The third-order valence-electron chi connectivity index (χ3n) is 5.55. The maximum absolute atomic E-state index is 4.84. The van der Waals surface area contributed by atoms with Gasteiger partial charge in [0.15, 0.2) is 0 Å². The molecule has 3 aromatic carbocycles. The molecule has 33 heavy (non-hydrogen) atoms. The van der Waals surface area contributed by atoms with Gasteiger partial charge in [-0.3, -0.25) is 4.98 Å². The number of rotatable bonds is 2. The maximum atomic E-state index is 4.84. The first-order valence-corrected chi connectivity index (χ1v) is 10.7. The minimum atomic E-state index is -0.0812. The van der Waals surface area contributed by atoms with Crippen LogP contribution in [0.25, 0.3) is 39.8 Å². The Kier molecular flexibility index (Phi) is 6.69. The minimum Gasteiger partial charge on any atom is -0.355 e. The van der Waals surface area contributed by atoms with Crippen molar-refractivity contribution in [3.05, 3.63) is 115 Å². The molecule has 3 nitrogen and oxygen atoms in total. The van der Waals surface area contributed by atoms with Gasteiger partial charge in [0.05, 0.1) is 22.4 Å². The molecule has 165 valence electrons. The first-order valence-electron chi connectivity index (χ1n) is 10.7. The van der Waals surface area contributed by atoms with Crippen LogP contribution in [0.2, 0.25) is 0 Å². The van der Waals surface area contributed by atoms with E-state index in [1.165, 1.54) is 11.1 Å². The summed E-state index contributed by atoms with van der Waals surface area (Å²) >= 11 is 0. The van der Waals surface area contributed by atoms with E-state index in [0.717, 1.165) is 28.2 Å². The van der Waals surface area contributed by atoms with Crippen molar-refractivity contribution < 1.29 is 20.1 Å². The largest absolute Gasteiger partial charge is 0.355 e. The summed E-state index contributed by atoms with van der Waals surface area (Å²) < 4.78 is 2.32. The Hall–Kier alpha value is -3.33. The van der Waals surface area contributed by atoms with Gasteiger partial charge in [-0.05, 0) is 37.2 Å². The molecule has 0 N–H and O–H groups in total. The van der Waals surface area contributed by atoms with Gasteiger partial charge in [0.1, 0.15) is 0 Å². The number of hydrogen-bond acceptors (Lipinski definition) is 2. The van der Waals surface area contributed by atoms with E-state index in [1.807, 2.05) is 60.7 Å². The zero-order valence-electron chi connectivity index (χ0n) is 18.5. The number of allylic oxidation sites excluding steroid dienone is 1. The fourth-order valence-corrected chi connectivity index (χ4v) is 4.00. The van der Waals surface area contributed by atoms with E-state index in [1.54, 1.807) is 6.20 Å². The number of pyridine rings is 1. The van der Waals surface area contributed by atoms with Crippen molar-refractivity contribution >= 4 is 17.1 Å². The summed E-state index contributed by atoms with van der Waals surface area (Å²) in [6.45, 7) is 4.43. The van der Waals surface area contributed by atoms with Crippen molar-refractivity contribution in [3.63, 3.8) is 0 Å². The number of aromatic nitrogens is 3. The second-order valence-electron chi connectivity index (χ2n) is 8.24. The summed E-state index contributed by atoms with van der Waals surface area (Å²) in [4.78, 5) is 9.06. The van der Waals surface area contributed by atoms with E-state index in [0.29, 0.717) is 0 Å². The number of imidazole rings is 1. The molecule has 0 bridgehead atoms. The Morgan fingerprint density at radius 1 is 0.788 bits per heavy atom. The molecule has 0 spiro atoms. The smallest absolute Gasteiger partial charge is 0.0777 e. The molecular formula is C29H23IrN3-2. The van der Waals surface area contributed by atoms with Crippen molar-refractivity contribution in [1.29, 1.82) is 0 Å². The maximum Gasteiger partial charge on any atom is 0.0777 e. The zero-order valence-corrected chi connectivity index (χ0v) is 20.9. The standard InChI is InChI=1S/C18H15N2.C11H8N.Ir/c1-18(2)12-11-13-9-6-10-15-16(13)20(18)17(19-15)14-7-4-3-5-8-14;1-2-6-10(7-3-1)11-8-4-5-9-12-11;/h3-7,9-12H,1-2H3;1-6,8-9H;/q2*-1;. The van der Waals surface area contributed by atoms with Crippen molar-refractivity contribution in [2.24, 2.45) is 0 Å². The molecule has 0 unspecified atom stereocenters. The van der Waals surface area contributed by atoms with Gasteiger partial charge in [0.25, 0.3) is 0 Å². The van der Waals surface area contributed by atoms with Crippen LogP contribution in [-0.4, -0.2) is 14.5 Å². The quantitative estimate of drug-likeness (QED) is 0.207. The van der Waals surface area contributed by atoms with Crippen LogP contribution in [0.15, 0.2) is 97.2 Å². The van der Waals surface area contributed by atoms with Crippen LogP contribution in [0.1, 0.15) is 19.4 Å². The molecule has 0 saturated carbocycles. The molecule has 6 rings (SSSR count). The second kappa shape index (κ2) is 9.66. The van der Waals surface area contributed by atoms with Gasteiger partial charge in [0.2, 0.25) is 0 Å². The van der Waals surface area contributed by atoms with Crippen molar-refractivity contribution in [2.75, 3.05) is 0 Å². The summed E-state index contributed by atoms with van der Waals surface area (Å²) in [6.07, 6.45) is 6.22. The van der Waals surface area contributed by atoms with Gasteiger partial charge >= 0.3 is 0 Å². The first kappa shape index (κ1) is 22.8. The van der Waals surface area contributed by atoms with Gasteiger partial charge < -0.3 is 9.55 Å². The molecule has 4 heteroatoms. The fourth-order valence-electron chi connectivity index (χ4n) is 4.00. The predicted octanol–water partition coefficient (Wildman–Crippen LogP) is 6.81. The van der Waals surface area contributed by atoms with E-state index < -0.39 is 0 Å². The molecule has 1 radical (unpaired) electrons. The molecule has 1 aliphatic rings. The average Bonchev–Trinajstić information content (AvgIpc) is 3.26. The van der Waals surface area contributed by atoms with Gasteiger partial charge in [-0.15, -0.1) is 71.8 Å². The Labute approximate surface area is 208 Å². The van der Waals surface area contributed by atoms with Crippen molar-refractivity contribution in [2.45, 2.75) is 19.4 Å². The van der Waals surface area contributed by atoms with Gasteiger partial charge in [-0.2, -0.15) is 0 Å². The SMILES string of the molecule is CC1(C)C=Cc2cccc3nc(-c4[c-]cccc4)n1c23.[Ir].[c-]1ccccc1-c1ccccn1. The van der Waals surface area contributed by atoms with Crippen LogP contribution in [-0.2, 0) is 25.6 Å². The van der Waals surface area contributed by atoms with Crippen molar-refractivity contribution in [3.8, 4) is 22.6 Å². The number of benzene rings is 3. The topological polar surface area (TPSA) is 30.7 Å². The van der Waals surface area contributed by atoms with Crippen LogP contribution >= 0.6 is 0 Å². The molecule has 2 aromatic heterocycles. The molecule has 5 aromatic rings. The molecular weight excluding hydrogens is 583 g/mol. The van der Waals surface area contributed by atoms with E-state index in [2.05, 4.69) is 71.9 Å². The van der Waals surface area contributed by atoms with E-state index in [4.69, 9.17) is 4.98 Å². The average molecular weight is 606 g/mol. The molecule has 0 atom stereocenters. The van der Waals surface area contributed by atoms with Crippen LogP contribution in [0.5, 0.6) is 0 Å². The van der Waals surface area contributed by atoms with E-state index in [-0.39, 0.29) is 25.6 Å². The molecule has 0 fully saturated rings. The van der Waals surface area contributed by atoms with E-state index >= 15 is 0 Å². The molecule has 3 heterocycles. The molecule has 0 saturated heterocycles. The van der Waals surface area contributed by atoms with Crippen LogP contribution in [0.4, 0.5) is 0 Å². The number of para-hydroxylation sites is 1. The summed E-state index contributed by atoms with van der Waals surface area (Å²) in [7, 11) is 0. The van der Waals surface area contributed by atoms with Gasteiger partial charge in [-0.25, -0.2) is 0 Å². The van der Waals surface area contributed by atoms with Crippen molar-refractivity contribution in [1.82, 2.24) is 14.5 Å². The van der Waals surface area contributed by atoms with Gasteiger partial charge in [-0.1, -0.05) is 36.4 Å². The summed E-state index contributed by atoms with van der Waals surface area (Å²) in [6, 6.07) is 34.4. The Bertz CT molecular complexity index is 1330. The Morgan fingerprint density at radius 2 is 1.52 bits per heavy atom. The number of nitrogens with zero attached hydrogens (tertiary/aromatic N) is 3. The summed E-state index contributed by atoms with van der Waals surface area (Å²) in [5.41, 5.74) is 6.47. The third-order valence-corrected chi connectivity index (χ3v) is 5.55. The van der Waals surface area contributed by atoms with Crippen LogP contribution in [0.3, 0.4) is 0 Å². The Balaban J connectivity index is 0.000000172. The zero-order chi connectivity index (χ0) is 22.0. The van der Waals surface area contributed by atoms with Crippen LogP contribution < -0.4 is 0 Å². The monoisotopic (exact) mass is 606 g/mol. The summed E-state index contributed by atoms with van der Waals surface area (Å²) in [5, 5.41) is 0. The number of hydrogen-bond donors (Lipinski definition) is 0. The fraction of sp³-hybridized carbons (Fsp3) is 0.103. The normalized spacial score (nSPS) is 13.0. The van der Waals surface area contributed by atoms with E-state index in [9.17, 15) is 0 Å². The molecule has 0 aliphatic carbocycles. The first-order chi connectivity index (χ1) is 15.6. The summed E-state index contributed by atoms with van der Waals surface area (Å²) in [5.74, 6) is 0.988. The van der Waals surface area contributed by atoms with Gasteiger partial charge in [0, 0.05) is 26.3 Å². The molecule has 1 aliphatic heterocycles. The minimum absolute atomic E-state index is 0.